The third kappa shape index (κ3) is 14.0. The van der Waals surface area contributed by atoms with Crippen LogP contribution in [0.4, 0.5) is 0 Å². The molecule has 3 N–H and O–H groups in total. The van der Waals surface area contributed by atoms with Crippen LogP contribution in [0.2, 0.25) is 0 Å². The van der Waals surface area contributed by atoms with Crippen LogP contribution in [0.5, 0.6) is 0 Å². The summed E-state index contributed by atoms with van der Waals surface area (Å²) in [6, 6.07) is 48.8. The summed E-state index contributed by atoms with van der Waals surface area (Å²) in [6.45, 7) is 11.9. The van der Waals surface area contributed by atoms with E-state index in [1.54, 1.807) is 23.4 Å². The lowest BCUT2D eigenvalue weighted by Gasteiger charge is -2.28. The Kier molecular flexibility index (Phi) is 18.7. The summed E-state index contributed by atoms with van der Waals surface area (Å²) in [5.41, 5.74) is 11.4. The number of likely N-dealkylation sites (tertiary alicyclic amines) is 3. The van der Waals surface area contributed by atoms with Crippen molar-refractivity contribution in [3.63, 3.8) is 0 Å². The van der Waals surface area contributed by atoms with E-state index in [0.717, 1.165) is 88.4 Å². The molecular formula is C63H71ClN10O5. The Balaban J connectivity index is 0.000000138. The Labute approximate surface area is 467 Å². The van der Waals surface area contributed by atoms with Gasteiger partial charge in [0.2, 0.25) is 0 Å². The minimum Gasteiger partial charge on any atom is -0.478 e. The van der Waals surface area contributed by atoms with Crippen LogP contribution in [0.15, 0.2) is 165 Å². The molecule has 0 spiro atoms. The van der Waals surface area contributed by atoms with Gasteiger partial charge in [0, 0.05) is 75.1 Å². The van der Waals surface area contributed by atoms with Crippen LogP contribution in [-0.2, 0) is 19.6 Å². The number of aromatic carboxylic acids is 1. The van der Waals surface area contributed by atoms with E-state index >= 15 is 0 Å². The normalized spacial score (nSPS) is 18.8. The summed E-state index contributed by atoms with van der Waals surface area (Å²) in [6.07, 6.45) is 12.2. The number of nitrogens with one attached hydrogen (secondary N) is 1. The van der Waals surface area contributed by atoms with Crippen LogP contribution < -0.4 is 5.32 Å². The molecule has 0 saturated carbocycles. The second-order valence-electron chi connectivity index (χ2n) is 21.1. The van der Waals surface area contributed by atoms with Crippen molar-refractivity contribution in [2.45, 2.75) is 96.2 Å². The summed E-state index contributed by atoms with van der Waals surface area (Å²) in [4.78, 5) is 55.7. The highest BCUT2D eigenvalue weighted by Gasteiger charge is 2.35. The van der Waals surface area contributed by atoms with Crippen molar-refractivity contribution in [1.29, 1.82) is 0 Å². The Morgan fingerprint density at radius 3 is 1.32 bits per heavy atom. The van der Waals surface area contributed by atoms with Gasteiger partial charge in [0.05, 0.1) is 63.7 Å². The average molecular weight is 1080 g/mol. The molecule has 0 radical (unpaired) electrons. The van der Waals surface area contributed by atoms with Crippen LogP contribution in [0.1, 0.15) is 100 Å². The molecule has 13 rings (SSSR count). The number of carboxylic acid groups (broad SMARTS) is 1. The zero-order chi connectivity index (χ0) is 54.0. The second-order valence-corrected chi connectivity index (χ2v) is 21.1. The van der Waals surface area contributed by atoms with Gasteiger partial charge in [-0.1, -0.05) is 72.8 Å². The van der Waals surface area contributed by atoms with Crippen LogP contribution in [-0.4, -0.2) is 135 Å². The molecule has 15 nitrogen and oxygen atoms in total. The fourth-order valence-corrected chi connectivity index (χ4v) is 11.1. The van der Waals surface area contributed by atoms with Crippen LogP contribution in [0.25, 0.3) is 33.1 Å². The summed E-state index contributed by atoms with van der Waals surface area (Å²) in [5.74, 6) is -0.746. The number of imidazole rings is 3. The molecule has 6 aromatic carbocycles. The number of halogens is 1. The number of aliphatic hydroxyl groups excluding tert-OH is 1. The largest absolute Gasteiger partial charge is 0.478 e. The number of β-amino-alcohol motifs (C(OH)–C–C–N with tert-alkyl or cyclic N) is 1. The Hall–Kier alpha value is -7.69. The zero-order valence-corrected chi connectivity index (χ0v) is 45.9. The van der Waals surface area contributed by atoms with Crippen LogP contribution >= 0.6 is 12.4 Å². The van der Waals surface area contributed by atoms with E-state index in [1.165, 1.54) is 44.3 Å². The van der Waals surface area contributed by atoms with Crippen molar-refractivity contribution in [1.82, 2.24) is 48.7 Å². The predicted molar refractivity (Wildman–Crippen MR) is 313 cm³/mol. The summed E-state index contributed by atoms with van der Waals surface area (Å²) in [5, 5.41) is 21.7. The SMILES string of the molecule is C[C@H]1CCCN1.C[C@H]1CCCN1[C@@H]1CCN(C(=O)c2ccc(Cn3cnc4ccccc43)cc2)C1.Cl.O=C(O)c1ccc(Cn2cnc3ccccc32)cc1.O=C(c1ccc(Cn2cnc3ccccc32)cc1)N1CC[C@@H](O)C1. The van der Waals surface area contributed by atoms with Gasteiger partial charge in [-0.15, -0.1) is 12.4 Å². The monoisotopic (exact) mass is 1080 g/mol. The molecule has 9 aromatic rings. The van der Waals surface area contributed by atoms with Crippen molar-refractivity contribution in [2.75, 3.05) is 39.3 Å². The van der Waals surface area contributed by atoms with Crippen LogP contribution in [0, 0.1) is 0 Å². The summed E-state index contributed by atoms with van der Waals surface area (Å²) >= 11 is 0. The van der Waals surface area contributed by atoms with E-state index < -0.39 is 5.97 Å². The van der Waals surface area contributed by atoms with E-state index in [0.29, 0.717) is 49.3 Å². The van der Waals surface area contributed by atoms with Crippen molar-refractivity contribution in [2.24, 2.45) is 0 Å². The number of amides is 2. The fraction of sp³-hybridized carbons (Fsp3) is 0.333. The first-order valence-corrected chi connectivity index (χ1v) is 27.5. The molecule has 79 heavy (non-hydrogen) atoms. The molecule has 4 aliphatic heterocycles. The summed E-state index contributed by atoms with van der Waals surface area (Å²) < 4.78 is 6.29. The summed E-state index contributed by atoms with van der Waals surface area (Å²) in [7, 11) is 0. The Morgan fingerprint density at radius 1 is 0.519 bits per heavy atom. The van der Waals surface area contributed by atoms with E-state index in [1.807, 2.05) is 131 Å². The third-order valence-electron chi connectivity index (χ3n) is 15.5. The third-order valence-corrected chi connectivity index (χ3v) is 15.5. The number of aliphatic hydroxyl groups is 1. The number of aromatic nitrogens is 6. The maximum atomic E-state index is 13.0. The topological polar surface area (TPSA) is 167 Å². The van der Waals surface area contributed by atoms with Gasteiger partial charge in [0.1, 0.15) is 0 Å². The van der Waals surface area contributed by atoms with Crippen molar-refractivity contribution >= 4 is 63.3 Å². The molecule has 0 unspecified atom stereocenters. The van der Waals surface area contributed by atoms with E-state index in [-0.39, 0.29) is 30.3 Å². The minimum atomic E-state index is -0.903. The first-order valence-electron chi connectivity index (χ1n) is 27.5. The van der Waals surface area contributed by atoms with Gasteiger partial charge in [-0.25, -0.2) is 19.7 Å². The number of fused-ring (bicyclic) bond motifs is 3. The molecule has 4 saturated heterocycles. The molecule has 7 heterocycles. The molecule has 410 valence electrons. The molecule has 4 fully saturated rings. The maximum absolute atomic E-state index is 13.0. The number of benzene rings is 6. The molecule has 3 aromatic heterocycles. The lowest BCUT2D eigenvalue weighted by atomic mass is 10.1. The standard InChI is InChI=1S/C24H28N4O.C19H19N3O2.C15H12N2O2.C5H11N.ClH/c1-18-5-4-13-28(18)21-12-14-26(16-21)24(29)20-10-8-19(9-11-20)15-27-17-25-22-6-2-3-7-23(22)27;23-16-9-10-21(12-16)19(24)15-7-5-14(6-8-15)11-22-13-20-17-3-1-2-4-18(17)22;18-15(19)12-7-5-11(6-8-12)9-17-10-16-13-3-1-2-4-14(13)17;1-5-3-2-4-6-5;/h2-3,6-11,17-18,21H,4-5,12-16H2,1H3;1-8,13,16,23H,9-12H2;1-8,10H,9H2,(H,18,19);5-6H,2-4H2,1H3;1H/t18-,21+;16-;;5-;/m01.0./s1. The number of hydrogen-bond donors (Lipinski definition) is 3. The molecule has 4 atom stereocenters. The first kappa shape index (κ1) is 56.0. The molecular weight excluding hydrogens is 1010 g/mol. The van der Waals surface area contributed by atoms with Crippen LogP contribution in [0.3, 0.4) is 0 Å². The molecule has 16 heteroatoms. The number of carboxylic acids is 1. The van der Waals surface area contributed by atoms with Gasteiger partial charge in [0.25, 0.3) is 11.8 Å². The van der Waals surface area contributed by atoms with Gasteiger partial charge in [-0.05, 0) is 155 Å². The number of para-hydroxylation sites is 6. The van der Waals surface area contributed by atoms with Gasteiger partial charge in [-0.2, -0.15) is 0 Å². The van der Waals surface area contributed by atoms with Crippen molar-refractivity contribution in [3.05, 3.63) is 198 Å². The maximum Gasteiger partial charge on any atom is 0.335 e. The average Bonchev–Trinajstić information content (AvgIpc) is 4.41. The van der Waals surface area contributed by atoms with Gasteiger partial charge in [0.15, 0.2) is 0 Å². The predicted octanol–water partition coefficient (Wildman–Crippen LogP) is 10.0. The van der Waals surface area contributed by atoms with E-state index in [2.05, 4.69) is 72.4 Å². The van der Waals surface area contributed by atoms with Crippen molar-refractivity contribution < 1.29 is 24.6 Å². The highest BCUT2D eigenvalue weighted by atomic mass is 35.5. The highest BCUT2D eigenvalue weighted by Crippen LogP contribution is 2.27. The lowest BCUT2D eigenvalue weighted by molar-refractivity contribution is 0.0695. The lowest BCUT2D eigenvalue weighted by Crippen LogP contribution is -2.40. The van der Waals surface area contributed by atoms with Gasteiger partial charge >= 0.3 is 5.97 Å². The minimum absolute atomic E-state index is 0. The Bertz CT molecular complexity index is 3440. The quantitative estimate of drug-likeness (QED) is 0.120. The number of carbonyl (C=O) groups excluding carboxylic acids is 2. The molecule has 0 bridgehead atoms. The molecule has 2 amide bonds. The number of nitrogens with zero attached hydrogens (tertiary/aromatic N) is 9. The molecule has 4 aliphatic rings. The van der Waals surface area contributed by atoms with Crippen molar-refractivity contribution in [3.8, 4) is 0 Å². The van der Waals surface area contributed by atoms with E-state index in [9.17, 15) is 19.5 Å². The number of rotatable bonds is 10. The highest BCUT2D eigenvalue weighted by molar-refractivity contribution is 5.95. The van der Waals surface area contributed by atoms with E-state index in [4.69, 9.17) is 5.11 Å². The first-order chi connectivity index (χ1) is 38.0. The number of hydrogen-bond acceptors (Lipinski definition) is 9. The fourth-order valence-electron chi connectivity index (χ4n) is 11.1. The molecule has 0 aliphatic carbocycles. The Morgan fingerprint density at radius 2 is 0.949 bits per heavy atom. The smallest absolute Gasteiger partial charge is 0.335 e. The number of carbonyl (C=O) groups is 3. The van der Waals surface area contributed by atoms with Gasteiger partial charge < -0.3 is 39.0 Å². The second kappa shape index (κ2) is 26.3. The van der Waals surface area contributed by atoms with Gasteiger partial charge in [-0.3, -0.25) is 14.5 Å². The zero-order valence-electron chi connectivity index (χ0n) is 45.1.